The van der Waals surface area contributed by atoms with Gasteiger partial charge in [-0.25, -0.2) is 0 Å². The van der Waals surface area contributed by atoms with E-state index in [9.17, 15) is 0 Å². The topological polar surface area (TPSA) is 39.9 Å². The molecule has 3 rings (SSSR count). The highest BCUT2D eigenvalue weighted by molar-refractivity contribution is 5.62. The second-order valence-corrected chi connectivity index (χ2v) is 6.03. The van der Waals surface area contributed by atoms with Crippen LogP contribution in [0.5, 0.6) is 5.75 Å². The van der Waals surface area contributed by atoms with Gasteiger partial charge in [0.2, 0.25) is 0 Å². The first-order valence-electron chi connectivity index (χ1n) is 8.52. The minimum atomic E-state index is 0.818. The zero-order valence-corrected chi connectivity index (χ0v) is 13.4. The van der Waals surface area contributed by atoms with Crippen molar-refractivity contribution in [2.75, 3.05) is 6.61 Å². The van der Waals surface area contributed by atoms with Crippen LogP contribution in [0, 0.1) is 0 Å². The van der Waals surface area contributed by atoms with Crippen LogP contribution in [0.4, 0.5) is 0 Å². The van der Waals surface area contributed by atoms with Crippen LogP contribution in [0.15, 0.2) is 24.5 Å². The molecule has 2 heterocycles. The van der Waals surface area contributed by atoms with E-state index in [1.165, 1.54) is 36.8 Å². The van der Waals surface area contributed by atoms with Crippen molar-refractivity contribution in [1.29, 1.82) is 0 Å². The molecule has 2 aromatic rings. The molecule has 0 fully saturated rings. The first-order chi connectivity index (χ1) is 10.9. The molecule has 118 valence electrons. The second kappa shape index (κ2) is 7.43. The van der Waals surface area contributed by atoms with E-state index in [2.05, 4.69) is 39.9 Å². The standard InChI is InChI=1S/C18H25N3O/c1-2-3-4-5-6-12-22-16-9-10-17-15(13-16)8-7-11-21-14-19-20-18(17)21/h9-10,13-14H,2-8,11-12H2,1H3. The van der Waals surface area contributed by atoms with Crippen LogP contribution >= 0.6 is 0 Å². The number of aromatic nitrogens is 3. The first-order valence-corrected chi connectivity index (χ1v) is 8.52. The number of aryl methyl sites for hydroxylation is 2. The summed E-state index contributed by atoms with van der Waals surface area (Å²) < 4.78 is 8.06. The lowest BCUT2D eigenvalue weighted by molar-refractivity contribution is 0.304. The maximum Gasteiger partial charge on any atom is 0.164 e. The van der Waals surface area contributed by atoms with Crippen molar-refractivity contribution in [3.8, 4) is 17.1 Å². The Morgan fingerprint density at radius 3 is 3.00 bits per heavy atom. The van der Waals surface area contributed by atoms with Crippen molar-refractivity contribution < 1.29 is 4.74 Å². The number of hydrogen-bond acceptors (Lipinski definition) is 3. The third-order valence-corrected chi connectivity index (χ3v) is 4.29. The van der Waals surface area contributed by atoms with Gasteiger partial charge in [0.05, 0.1) is 6.61 Å². The van der Waals surface area contributed by atoms with Crippen LogP contribution < -0.4 is 4.74 Å². The van der Waals surface area contributed by atoms with Crippen molar-refractivity contribution >= 4 is 0 Å². The lowest BCUT2D eigenvalue weighted by atomic mass is 10.0. The Hall–Kier alpha value is -1.84. The third kappa shape index (κ3) is 3.49. The molecule has 0 aliphatic carbocycles. The fraction of sp³-hybridized carbons (Fsp3) is 0.556. The molecule has 1 aromatic heterocycles. The molecule has 1 aliphatic heterocycles. The van der Waals surface area contributed by atoms with Gasteiger partial charge in [0.1, 0.15) is 12.1 Å². The fourth-order valence-electron chi connectivity index (χ4n) is 3.05. The van der Waals surface area contributed by atoms with Gasteiger partial charge >= 0.3 is 0 Å². The summed E-state index contributed by atoms with van der Waals surface area (Å²) in [6, 6.07) is 6.38. The minimum Gasteiger partial charge on any atom is -0.494 e. The predicted octanol–water partition coefficient (Wildman–Crippen LogP) is 4.24. The number of nitrogens with zero attached hydrogens (tertiary/aromatic N) is 3. The quantitative estimate of drug-likeness (QED) is 0.718. The molecule has 0 amide bonds. The minimum absolute atomic E-state index is 0.818. The molecule has 4 heteroatoms. The third-order valence-electron chi connectivity index (χ3n) is 4.29. The van der Waals surface area contributed by atoms with Gasteiger partial charge in [-0.3, -0.25) is 0 Å². The maximum absolute atomic E-state index is 5.92. The molecule has 0 unspecified atom stereocenters. The van der Waals surface area contributed by atoms with Gasteiger partial charge in [0, 0.05) is 12.1 Å². The van der Waals surface area contributed by atoms with Crippen molar-refractivity contribution in [2.45, 2.75) is 58.4 Å². The summed E-state index contributed by atoms with van der Waals surface area (Å²) in [5, 5.41) is 8.30. The van der Waals surface area contributed by atoms with E-state index in [1.54, 1.807) is 0 Å². The first kappa shape index (κ1) is 15.1. The molecule has 1 aliphatic rings. The highest BCUT2D eigenvalue weighted by atomic mass is 16.5. The smallest absolute Gasteiger partial charge is 0.164 e. The molecular weight excluding hydrogens is 274 g/mol. The summed E-state index contributed by atoms with van der Waals surface area (Å²) in [5.41, 5.74) is 2.53. The Morgan fingerprint density at radius 2 is 2.09 bits per heavy atom. The molecular formula is C18H25N3O. The molecule has 0 radical (unpaired) electrons. The molecule has 0 spiro atoms. The summed E-state index contributed by atoms with van der Waals surface area (Å²) in [7, 11) is 0. The van der Waals surface area contributed by atoms with E-state index >= 15 is 0 Å². The van der Waals surface area contributed by atoms with Gasteiger partial charge < -0.3 is 9.30 Å². The molecule has 0 atom stereocenters. The van der Waals surface area contributed by atoms with E-state index in [0.29, 0.717) is 0 Å². The number of unbranched alkanes of at least 4 members (excludes halogenated alkanes) is 4. The summed E-state index contributed by atoms with van der Waals surface area (Å²) in [6.07, 6.45) is 10.4. The van der Waals surface area contributed by atoms with Gasteiger partial charge in [-0.1, -0.05) is 32.6 Å². The molecule has 0 saturated heterocycles. The Bertz CT molecular complexity index is 606. The van der Waals surface area contributed by atoms with Gasteiger partial charge in [-0.15, -0.1) is 10.2 Å². The Morgan fingerprint density at radius 1 is 1.18 bits per heavy atom. The predicted molar refractivity (Wildman–Crippen MR) is 88.0 cm³/mol. The summed E-state index contributed by atoms with van der Waals surface area (Å²) in [5.74, 6) is 1.97. The highest BCUT2D eigenvalue weighted by Crippen LogP contribution is 2.29. The van der Waals surface area contributed by atoms with Crippen LogP contribution in [-0.2, 0) is 13.0 Å². The largest absolute Gasteiger partial charge is 0.494 e. The lowest BCUT2D eigenvalue weighted by Gasteiger charge is -2.10. The van der Waals surface area contributed by atoms with Crippen molar-refractivity contribution in [1.82, 2.24) is 14.8 Å². The second-order valence-electron chi connectivity index (χ2n) is 6.03. The van der Waals surface area contributed by atoms with Gasteiger partial charge in [0.25, 0.3) is 0 Å². The maximum atomic E-state index is 5.92. The molecule has 1 aromatic carbocycles. The van der Waals surface area contributed by atoms with E-state index in [0.717, 1.165) is 44.0 Å². The number of ether oxygens (including phenoxy) is 1. The van der Waals surface area contributed by atoms with Crippen LogP contribution in [0.25, 0.3) is 11.4 Å². The van der Waals surface area contributed by atoms with Crippen LogP contribution in [0.2, 0.25) is 0 Å². The van der Waals surface area contributed by atoms with E-state index in [1.807, 2.05) is 6.33 Å². The van der Waals surface area contributed by atoms with E-state index < -0.39 is 0 Å². The van der Waals surface area contributed by atoms with Gasteiger partial charge in [0.15, 0.2) is 5.82 Å². The van der Waals surface area contributed by atoms with Gasteiger partial charge in [-0.05, 0) is 43.0 Å². The zero-order valence-electron chi connectivity index (χ0n) is 13.4. The number of rotatable bonds is 7. The van der Waals surface area contributed by atoms with Crippen molar-refractivity contribution in [3.63, 3.8) is 0 Å². The van der Waals surface area contributed by atoms with E-state index in [-0.39, 0.29) is 0 Å². The molecule has 0 saturated carbocycles. The molecule has 4 nitrogen and oxygen atoms in total. The summed E-state index contributed by atoms with van der Waals surface area (Å²) in [4.78, 5) is 0. The van der Waals surface area contributed by atoms with Crippen molar-refractivity contribution in [3.05, 3.63) is 30.1 Å². The van der Waals surface area contributed by atoms with Crippen LogP contribution in [-0.4, -0.2) is 21.4 Å². The summed E-state index contributed by atoms with van der Waals surface area (Å²) in [6.45, 7) is 4.05. The molecule has 0 bridgehead atoms. The monoisotopic (exact) mass is 299 g/mol. The van der Waals surface area contributed by atoms with Crippen molar-refractivity contribution in [2.24, 2.45) is 0 Å². The Labute approximate surface area is 132 Å². The SMILES string of the molecule is CCCCCCCOc1ccc2c(c1)CCCn1cnnc1-2. The zero-order chi connectivity index (χ0) is 15.2. The average Bonchev–Trinajstić information content (AvgIpc) is 2.93. The molecule has 22 heavy (non-hydrogen) atoms. The summed E-state index contributed by atoms with van der Waals surface area (Å²) >= 11 is 0. The highest BCUT2D eigenvalue weighted by Gasteiger charge is 2.16. The fourth-order valence-corrected chi connectivity index (χ4v) is 3.05. The lowest BCUT2D eigenvalue weighted by Crippen LogP contribution is -1.99. The average molecular weight is 299 g/mol. The Kier molecular flexibility index (Phi) is 5.09. The van der Waals surface area contributed by atoms with E-state index in [4.69, 9.17) is 4.74 Å². The normalized spacial score (nSPS) is 13.3. The number of benzene rings is 1. The number of hydrogen-bond donors (Lipinski definition) is 0. The molecule has 0 N–H and O–H groups in total. The number of fused-ring (bicyclic) bond motifs is 3. The van der Waals surface area contributed by atoms with Crippen LogP contribution in [0.1, 0.15) is 51.0 Å². The Balaban J connectivity index is 1.61. The van der Waals surface area contributed by atoms with Gasteiger partial charge in [-0.2, -0.15) is 0 Å². The van der Waals surface area contributed by atoms with Crippen LogP contribution in [0.3, 0.4) is 0 Å².